The van der Waals surface area contributed by atoms with Gasteiger partial charge in [0, 0.05) is 23.7 Å². The highest BCUT2D eigenvalue weighted by Gasteiger charge is 2.39. The molecule has 1 N–H and O–H groups in total. The SMILES string of the molecule is Cc1cc(C(=O)N2c3ccccc3CC2c2nc(C(C)C)no2)n[nH]1. The Kier molecular flexibility index (Phi) is 3.63. The Labute approximate surface area is 145 Å². The van der Waals surface area contributed by atoms with Crippen molar-refractivity contribution >= 4 is 11.6 Å². The molecule has 7 heteroatoms. The van der Waals surface area contributed by atoms with Gasteiger partial charge < -0.3 is 4.52 Å². The van der Waals surface area contributed by atoms with E-state index < -0.39 is 0 Å². The van der Waals surface area contributed by atoms with Crippen molar-refractivity contribution in [2.75, 3.05) is 4.90 Å². The van der Waals surface area contributed by atoms with E-state index in [0.29, 0.717) is 23.8 Å². The molecule has 0 bridgehead atoms. The largest absolute Gasteiger partial charge is 0.337 e. The Balaban J connectivity index is 1.76. The number of aromatic nitrogens is 4. The average Bonchev–Trinajstić information content (AvgIpc) is 3.31. The zero-order chi connectivity index (χ0) is 17.6. The van der Waals surface area contributed by atoms with E-state index in [1.807, 2.05) is 45.0 Å². The van der Waals surface area contributed by atoms with Crippen molar-refractivity contribution in [2.45, 2.75) is 39.2 Å². The van der Waals surface area contributed by atoms with E-state index in [2.05, 4.69) is 20.3 Å². The Morgan fingerprint density at radius 2 is 2.16 bits per heavy atom. The fourth-order valence-corrected chi connectivity index (χ4v) is 3.10. The number of carbonyl (C=O) groups excluding carboxylic acids is 1. The van der Waals surface area contributed by atoms with E-state index in [1.165, 1.54) is 0 Å². The number of hydrogen-bond acceptors (Lipinski definition) is 5. The molecule has 0 fully saturated rings. The molecule has 128 valence electrons. The lowest BCUT2D eigenvalue weighted by Gasteiger charge is -2.22. The van der Waals surface area contributed by atoms with Crippen LogP contribution in [0.2, 0.25) is 0 Å². The number of rotatable bonds is 3. The van der Waals surface area contributed by atoms with Crippen molar-refractivity contribution in [2.24, 2.45) is 0 Å². The summed E-state index contributed by atoms with van der Waals surface area (Å²) in [5, 5.41) is 11.0. The van der Waals surface area contributed by atoms with Crippen LogP contribution in [0.5, 0.6) is 0 Å². The predicted octanol–water partition coefficient (Wildman–Crippen LogP) is 3.17. The summed E-state index contributed by atoms with van der Waals surface area (Å²) in [6.45, 7) is 5.88. The minimum absolute atomic E-state index is 0.166. The van der Waals surface area contributed by atoms with Crippen molar-refractivity contribution in [1.82, 2.24) is 20.3 Å². The summed E-state index contributed by atoms with van der Waals surface area (Å²) in [5.74, 6) is 1.09. The van der Waals surface area contributed by atoms with Gasteiger partial charge in [-0.25, -0.2) is 0 Å². The molecule has 0 radical (unpaired) electrons. The molecule has 1 atom stereocenters. The van der Waals surface area contributed by atoms with Gasteiger partial charge in [-0.05, 0) is 24.6 Å². The van der Waals surface area contributed by atoms with E-state index in [9.17, 15) is 4.79 Å². The molecule has 3 aromatic rings. The first-order valence-electron chi connectivity index (χ1n) is 8.31. The van der Waals surface area contributed by atoms with Gasteiger partial charge >= 0.3 is 0 Å². The van der Waals surface area contributed by atoms with Crippen molar-refractivity contribution in [3.8, 4) is 0 Å². The van der Waals surface area contributed by atoms with Gasteiger partial charge in [0.1, 0.15) is 6.04 Å². The molecule has 0 saturated heterocycles. The van der Waals surface area contributed by atoms with E-state index in [-0.39, 0.29) is 17.9 Å². The van der Waals surface area contributed by atoms with Crippen molar-refractivity contribution in [3.05, 3.63) is 59.0 Å². The Bertz CT molecular complexity index is 927. The lowest BCUT2D eigenvalue weighted by atomic mass is 10.1. The van der Waals surface area contributed by atoms with Gasteiger partial charge in [-0.2, -0.15) is 10.1 Å². The van der Waals surface area contributed by atoms with Crippen LogP contribution >= 0.6 is 0 Å². The summed E-state index contributed by atoms with van der Waals surface area (Å²) in [7, 11) is 0. The number of hydrogen-bond donors (Lipinski definition) is 1. The first-order chi connectivity index (χ1) is 12.0. The van der Waals surface area contributed by atoms with Crippen LogP contribution in [0.4, 0.5) is 5.69 Å². The average molecular weight is 337 g/mol. The third-order valence-corrected chi connectivity index (χ3v) is 4.38. The van der Waals surface area contributed by atoms with Crippen LogP contribution in [0, 0.1) is 6.92 Å². The highest BCUT2D eigenvalue weighted by atomic mass is 16.5. The number of H-pyrrole nitrogens is 1. The Morgan fingerprint density at radius 3 is 2.84 bits per heavy atom. The minimum Gasteiger partial charge on any atom is -0.337 e. The third kappa shape index (κ3) is 2.61. The Hall–Kier alpha value is -2.96. The zero-order valence-electron chi connectivity index (χ0n) is 14.4. The number of aryl methyl sites for hydroxylation is 1. The monoisotopic (exact) mass is 337 g/mol. The summed E-state index contributed by atoms with van der Waals surface area (Å²) in [4.78, 5) is 19.3. The molecular weight excluding hydrogens is 318 g/mol. The first kappa shape index (κ1) is 15.6. The second-order valence-corrected chi connectivity index (χ2v) is 6.61. The standard InChI is InChI=1S/C18H19N5O2/c1-10(2)16-19-17(25-22-16)15-9-12-6-4-5-7-14(12)23(15)18(24)13-8-11(3)20-21-13/h4-8,10,15H,9H2,1-3H3,(H,20,21). The molecule has 1 aliphatic rings. The van der Waals surface area contributed by atoms with Gasteiger partial charge in [0.2, 0.25) is 5.89 Å². The molecule has 25 heavy (non-hydrogen) atoms. The summed E-state index contributed by atoms with van der Waals surface area (Å²) >= 11 is 0. The summed E-state index contributed by atoms with van der Waals surface area (Å²) in [6.07, 6.45) is 0.644. The van der Waals surface area contributed by atoms with Gasteiger partial charge in [0.25, 0.3) is 5.91 Å². The number of anilines is 1. The van der Waals surface area contributed by atoms with Gasteiger partial charge in [0.15, 0.2) is 11.5 Å². The fraction of sp³-hybridized carbons (Fsp3) is 0.333. The normalized spacial score (nSPS) is 16.5. The second-order valence-electron chi connectivity index (χ2n) is 6.61. The number of amides is 1. The van der Waals surface area contributed by atoms with Crippen LogP contribution < -0.4 is 4.90 Å². The van der Waals surface area contributed by atoms with E-state index in [4.69, 9.17) is 4.52 Å². The smallest absolute Gasteiger partial charge is 0.279 e. The van der Waals surface area contributed by atoms with Crippen molar-refractivity contribution in [3.63, 3.8) is 0 Å². The number of nitrogens with zero attached hydrogens (tertiary/aromatic N) is 4. The number of carbonyl (C=O) groups is 1. The van der Waals surface area contributed by atoms with Gasteiger partial charge in [-0.1, -0.05) is 37.2 Å². The van der Waals surface area contributed by atoms with Gasteiger partial charge in [-0.3, -0.25) is 14.8 Å². The van der Waals surface area contributed by atoms with Crippen LogP contribution in [-0.4, -0.2) is 26.2 Å². The first-order valence-corrected chi connectivity index (χ1v) is 8.31. The topological polar surface area (TPSA) is 87.9 Å². The molecule has 1 unspecified atom stereocenters. The lowest BCUT2D eigenvalue weighted by molar-refractivity contribution is 0.0970. The maximum atomic E-state index is 13.1. The van der Waals surface area contributed by atoms with Crippen LogP contribution in [-0.2, 0) is 6.42 Å². The second kappa shape index (κ2) is 5.84. The Morgan fingerprint density at radius 1 is 1.36 bits per heavy atom. The highest BCUT2D eigenvalue weighted by molar-refractivity contribution is 6.06. The van der Waals surface area contributed by atoms with E-state index in [1.54, 1.807) is 11.0 Å². The van der Waals surface area contributed by atoms with Gasteiger partial charge in [-0.15, -0.1) is 0 Å². The van der Waals surface area contributed by atoms with E-state index in [0.717, 1.165) is 16.9 Å². The number of benzene rings is 1. The summed E-state index contributed by atoms with van der Waals surface area (Å²) < 4.78 is 5.48. The molecule has 0 saturated carbocycles. The van der Waals surface area contributed by atoms with E-state index >= 15 is 0 Å². The number of fused-ring (bicyclic) bond motifs is 1. The lowest BCUT2D eigenvalue weighted by Crippen LogP contribution is -2.32. The van der Waals surface area contributed by atoms with Crippen LogP contribution in [0.15, 0.2) is 34.9 Å². The molecule has 1 aliphatic heterocycles. The van der Waals surface area contributed by atoms with Crippen molar-refractivity contribution in [1.29, 1.82) is 0 Å². The van der Waals surface area contributed by atoms with Crippen LogP contribution in [0.25, 0.3) is 0 Å². The molecule has 2 aromatic heterocycles. The van der Waals surface area contributed by atoms with Gasteiger partial charge in [0.05, 0.1) is 0 Å². The zero-order valence-corrected chi connectivity index (χ0v) is 14.4. The summed E-state index contributed by atoms with van der Waals surface area (Å²) in [5.41, 5.74) is 3.16. The third-order valence-electron chi connectivity index (χ3n) is 4.38. The summed E-state index contributed by atoms with van der Waals surface area (Å²) in [6, 6.07) is 9.27. The minimum atomic E-state index is -0.318. The number of nitrogens with one attached hydrogen (secondary N) is 1. The molecule has 0 aliphatic carbocycles. The van der Waals surface area contributed by atoms with Crippen LogP contribution in [0.3, 0.4) is 0 Å². The number of para-hydroxylation sites is 1. The number of aromatic amines is 1. The molecule has 7 nitrogen and oxygen atoms in total. The maximum absolute atomic E-state index is 13.1. The quantitative estimate of drug-likeness (QED) is 0.793. The molecule has 1 aromatic carbocycles. The van der Waals surface area contributed by atoms with Crippen LogP contribution in [0.1, 0.15) is 59.3 Å². The maximum Gasteiger partial charge on any atom is 0.279 e. The van der Waals surface area contributed by atoms with Crippen molar-refractivity contribution < 1.29 is 9.32 Å². The fourth-order valence-electron chi connectivity index (χ4n) is 3.10. The highest BCUT2D eigenvalue weighted by Crippen LogP contribution is 2.40. The molecule has 0 spiro atoms. The molecule has 3 heterocycles. The molecule has 1 amide bonds. The molecular formula is C18H19N5O2. The molecule has 4 rings (SSSR count). The predicted molar refractivity (Wildman–Crippen MR) is 91.4 cm³/mol.